The number of aromatic nitrogens is 1. The molecule has 2 unspecified atom stereocenters. The summed E-state index contributed by atoms with van der Waals surface area (Å²) in [6.07, 6.45) is 4.71. The van der Waals surface area contributed by atoms with Crippen LogP contribution in [0.5, 0.6) is 0 Å². The quantitative estimate of drug-likeness (QED) is 0.833. The number of hydrogen-bond donors (Lipinski definition) is 2. The summed E-state index contributed by atoms with van der Waals surface area (Å²) in [6.45, 7) is 4.47. The lowest BCUT2D eigenvalue weighted by Crippen LogP contribution is -2.44. The minimum Gasteiger partial charge on any atom is -0.373 e. The highest BCUT2D eigenvalue weighted by Gasteiger charge is 2.29. The van der Waals surface area contributed by atoms with E-state index in [0.29, 0.717) is 28.4 Å². The fraction of sp³-hybridized carbons (Fsp3) is 0.625. The molecular formula is C16H24ClN3O. The van der Waals surface area contributed by atoms with Crippen molar-refractivity contribution in [3.8, 4) is 0 Å². The average molecular weight is 310 g/mol. The molecule has 1 amide bonds. The monoisotopic (exact) mass is 309 g/mol. The highest BCUT2D eigenvalue weighted by Crippen LogP contribution is 2.30. The van der Waals surface area contributed by atoms with E-state index in [9.17, 15) is 4.79 Å². The number of rotatable bonds is 4. The second kappa shape index (κ2) is 7.12. The third-order valence-electron chi connectivity index (χ3n) is 4.30. The molecule has 21 heavy (non-hydrogen) atoms. The molecule has 0 aliphatic heterocycles. The molecule has 0 saturated heterocycles. The van der Waals surface area contributed by atoms with Crippen LogP contribution < -0.4 is 10.6 Å². The summed E-state index contributed by atoms with van der Waals surface area (Å²) in [5.41, 5.74) is 0.562. The number of anilines is 1. The maximum atomic E-state index is 12.5. The van der Waals surface area contributed by atoms with Gasteiger partial charge in [0.1, 0.15) is 11.0 Å². The number of nitrogens with zero attached hydrogens (tertiary/aromatic N) is 1. The third kappa shape index (κ3) is 4.10. The lowest BCUT2D eigenvalue weighted by atomic mass is 9.78. The summed E-state index contributed by atoms with van der Waals surface area (Å²) >= 11 is 5.96. The molecule has 1 aliphatic carbocycles. The van der Waals surface area contributed by atoms with Crippen molar-refractivity contribution in [3.63, 3.8) is 0 Å². The summed E-state index contributed by atoms with van der Waals surface area (Å²) in [7, 11) is 1.76. The molecule has 116 valence electrons. The number of halogens is 1. The van der Waals surface area contributed by atoms with Crippen LogP contribution in [0.2, 0.25) is 5.15 Å². The van der Waals surface area contributed by atoms with Crippen molar-refractivity contribution < 1.29 is 4.79 Å². The first-order valence-corrected chi connectivity index (χ1v) is 8.05. The zero-order valence-corrected chi connectivity index (χ0v) is 13.7. The summed E-state index contributed by atoms with van der Waals surface area (Å²) in [6, 6.07) is 3.61. The SMILES string of the molecule is CNc1cc(C(=O)NC2CCCCC2C(C)C)cc(Cl)n1. The number of nitrogens with one attached hydrogen (secondary N) is 2. The minimum absolute atomic E-state index is 0.0617. The Morgan fingerprint density at radius 1 is 1.33 bits per heavy atom. The van der Waals surface area contributed by atoms with E-state index in [0.717, 1.165) is 6.42 Å². The van der Waals surface area contributed by atoms with Crippen molar-refractivity contribution >= 4 is 23.3 Å². The Hall–Kier alpha value is -1.29. The predicted molar refractivity (Wildman–Crippen MR) is 86.8 cm³/mol. The highest BCUT2D eigenvalue weighted by atomic mass is 35.5. The van der Waals surface area contributed by atoms with Crippen molar-refractivity contribution in [1.82, 2.24) is 10.3 Å². The molecule has 2 N–H and O–H groups in total. The Labute approximate surface area is 131 Å². The van der Waals surface area contributed by atoms with Gasteiger partial charge in [-0.15, -0.1) is 0 Å². The van der Waals surface area contributed by atoms with E-state index in [1.807, 2.05) is 0 Å². The van der Waals surface area contributed by atoms with E-state index in [2.05, 4.69) is 29.5 Å². The van der Waals surface area contributed by atoms with Crippen LogP contribution in [0.25, 0.3) is 0 Å². The van der Waals surface area contributed by atoms with Crippen molar-refractivity contribution in [2.24, 2.45) is 11.8 Å². The van der Waals surface area contributed by atoms with Gasteiger partial charge in [0.2, 0.25) is 0 Å². The topological polar surface area (TPSA) is 54.0 Å². The van der Waals surface area contributed by atoms with Crippen LogP contribution in [-0.4, -0.2) is 24.0 Å². The van der Waals surface area contributed by atoms with Gasteiger partial charge in [0.05, 0.1) is 0 Å². The Kier molecular flexibility index (Phi) is 5.45. The fourth-order valence-electron chi connectivity index (χ4n) is 3.14. The Morgan fingerprint density at radius 3 is 2.71 bits per heavy atom. The number of carbonyl (C=O) groups is 1. The maximum absolute atomic E-state index is 12.5. The van der Waals surface area contributed by atoms with Gasteiger partial charge in [-0.05, 0) is 36.8 Å². The lowest BCUT2D eigenvalue weighted by Gasteiger charge is -2.34. The van der Waals surface area contributed by atoms with E-state index in [4.69, 9.17) is 11.6 Å². The smallest absolute Gasteiger partial charge is 0.251 e. The van der Waals surface area contributed by atoms with Gasteiger partial charge >= 0.3 is 0 Å². The van der Waals surface area contributed by atoms with Gasteiger partial charge in [-0.3, -0.25) is 4.79 Å². The summed E-state index contributed by atoms with van der Waals surface area (Å²) in [5, 5.41) is 6.44. The van der Waals surface area contributed by atoms with Gasteiger partial charge < -0.3 is 10.6 Å². The number of hydrogen-bond acceptors (Lipinski definition) is 3. The molecule has 1 fully saturated rings. The molecule has 1 aromatic heterocycles. The van der Waals surface area contributed by atoms with Gasteiger partial charge in [-0.2, -0.15) is 0 Å². The van der Waals surface area contributed by atoms with Crippen LogP contribution in [-0.2, 0) is 0 Å². The normalized spacial score (nSPS) is 22.1. The molecule has 1 heterocycles. The van der Waals surface area contributed by atoms with Gasteiger partial charge in [-0.1, -0.05) is 38.3 Å². The molecule has 2 atom stereocenters. The molecule has 1 aromatic rings. The van der Waals surface area contributed by atoms with E-state index in [-0.39, 0.29) is 11.9 Å². The molecule has 0 spiro atoms. The van der Waals surface area contributed by atoms with Crippen LogP contribution >= 0.6 is 11.6 Å². The fourth-order valence-corrected chi connectivity index (χ4v) is 3.35. The summed E-state index contributed by atoms with van der Waals surface area (Å²) in [4.78, 5) is 16.6. The number of carbonyl (C=O) groups excluding carboxylic acids is 1. The van der Waals surface area contributed by atoms with E-state index in [1.165, 1.54) is 19.3 Å². The molecule has 4 nitrogen and oxygen atoms in total. The van der Waals surface area contributed by atoms with Gasteiger partial charge in [0.15, 0.2) is 0 Å². The Morgan fingerprint density at radius 2 is 2.05 bits per heavy atom. The van der Waals surface area contributed by atoms with E-state index in [1.54, 1.807) is 19.2 Å². The third-order valence-corrected chi connectivity index (χ3v) is 4.50. The van der Waals surface area contributed by atoms with Gasteiger partial charge in [-0.25, -0.2) is 4.98 Å². The maximum Gasteiger partial charge on any atom is 0.251 e. The van der Waals surface area contributed by atoms with Gasteiger partial charge in [0.25, 0.3) is 5.91 Å². The first kappa shape index (κ1) is 16.1. The summed E-state index contributed by atoms with van der Waals surface area (Å²) in [5.74, 6) is 1.69. The van der Waals surface area contributed by atoms with Gasteiger partial charge in [0, 0.05) is 18.7 Å². The van der Waals surface area contributed by atoms with Crippen LogP contribution in [0, 0.1) is 11.8 Å². The lowest BCUT2D eigenvalue weighted by molar-refractivity contribution is 0.0889. The van der Waals surface area contributed by atoms with Crippen molar-refractivity contribution in [2.75, 3.05) is 12.4 Å². The molecule has 0 aromatic carbocycles. The molecule has 0 bridgehead atoms. The Balaban J connectivity index is 2.11. The second-order valence-electron chi connectivity index (χ2n) is 6.09. The van der Waals surface area contributed by atoms with E-state index < -0.39 is 0 Å². The number of amides is 1. The van der Waals surface area contributed by atoms with E-state index >= 15 is 0 Å². The molecule has 1 saturated carbocycles. The zero-order chi connectivity index (χ0) is 15.4. The first-order chi connectivity index (χ1) is 10.0. The van der Waals surface area contributed by atoms with Crippen LogP contribution in [0.1, 0.15) is 49.9 Å². The minimum atomic E-state index is -0.0617. The molecule has 0 radical (unpaired) electrons. The van der Waals surface area contributed by atoms with Crippen LogP contribution in [0.15, 0.2) is 12.1 Å². The number of pyridine rings is 1. The molecule has 1 aliphatic rings. The van der Waals surface area contributed by atoms with Crippen LogP contribution in [0.3, 0.4) is 0 Å². The molecular weight excluding hydrogens is 286 g/mol. The second-order valence-corrected chi connectivity index (χ2v) is 6.47. The van der Waals surface area contributed by atoms with Crippen LogP contribution in [0.4, 0.5) is 5.82 Å². The summed E-state index contributed by atoms with van der Waals surface area (Å²) < 4.78 is 0. The zero-order valence-electron chi connectivity index (χ0n) is 12.9. The van der Waals surface area contributed by atoms with Crippen molar-refractivity contribution in [3.05, 3.63) is 22.8 Å². The highest BCUT2D eigenvalue weighted by molar-refractivity contribution is 6.29. The van der Waals surface area contributed by atoms with Crippen molar-refractivity contribution in [2.45, 2.75) is 45.6 Å². The molecule has 5 heteroatoms. The first-order valence-electron chi connectivity index (χ1n) is 7.67. The largest absolute Gasteiger partial charge is 0.373 e. The van der Waals surface area contributed by atoms with Crippen molar-refractivity contribution in [1.29, 1.82) is 0 Å². The predicted octanol–water partition coefficient (Wildman–Crippen LogP) is 3.72. The standard InChI is InChI=1S/C16H24ClN3O/c1-10(2)12-6-4-5-7-13(12)19-16(21)11-8-14(17)20-15(9-11)18-3/h8-10,12-13H,4-7H2,1-3H3,(H,18,20)(H,19,21). The molecule has 2 rings (SSSR count). The Bertz CT molecular complexity index is 504. The average Bonchev–Trinajstić information content (AvgIpc) is 2.46.